The van der Waals surface area contributed by atoms with Gasteiger partial charge in [0.05, 0.1) is 6.04 Å². The number of likely N-dealkylation sites (N-methyl/N-ethyl adjacent to an activating group) is 1. The van der Waals surface area contributed by atoms with Crippen LogP contribution < -0.4 is 0 Å². The number of rotatable bonds is 11. The fourth-order valence-electron chi connectivity index (χ4n) is 3.32. The highest BCUT2D eigenvalue weighted by Crippen LogP contribution is 2.23. The normalized spacial score (nSPS) is 14.2. The predicted octanol–water partition coefficient (Wildman–Crippen LogP) is 2.77. The Morgan fingerprint density at radius 1 is 0.963 bits per heavy atom. The van der Waals surface area contributed by atoms with Crippen LogP contribution >= 0.6 is 0 Å². The van der Waals surface area contributed by atoms with Crippen LogP contribution in [0.25, 0.3) is 0 Å². The molecule has 0 unspecified atom stereocenters. The molecule has 0 bridgehead atoms. The SMILES string of the molecule is CC(C)[C@H](CC(=O)[C@H](C(C)C)N(C)C(=O)CCC[Si](C)(C)O)C(=O)N(C)C. The van der Waals surface area contributed by atoms with E-state index in [-0.39, 0.29) is 41.8 Å². The largest absolute Gasteiger partial charge is 0.432 e. The zero-order valence-corrected chi connectivity index (χ0v) is 19.7. The van der Waals surface area contributed by atoms with Crippen molar-refractivity contribution in [3.05, 3.63) is 0 Å². The summed E-state index contributed by atoms with van der Waals surface area (Å²) in [6, 6.07) is 0.132. The van der Waals surface area contributed by atoms with Gasteiger partial charge >= 0.3 is 0 Å². The van der Waals surface area contributed by atoms with Gasteiger partial charge < -0.3 is 14.6 Å². The van der Waals surface area contributed by atoms with Crippen LogP contribution in [0.1, 0.15) is 47.0 Å². The average Bonchev–Trinajstić information content (AvgIpc) is 2.49. The molecule has 2 amide bonds. The minimum Gasteiger partial charge on any atom is -0.432 e. The molecule has 1 N–H and O–H groups in total. The second-order valence-electron chi connectivity index (χ2n) is 9.11. The molecule has 0 spiro atoms. The molecule has 0 heterocycles. The fourth-order valence-corrected chi connectivity index (χ4v) is 4.36. The molecule has 0 aromatic rings. The van der Waals surface area contributed by atoms with E-state index < -0.39 is 14.4 Å². The van der Waals surface area contributed by atoms with Crippen molar-refractivity contribution in [3.8, 4) is 0 Å². The second-order valence-corrected chi connectivity index (χ2v) is 13.2. The Balaban J connectivity index is 5.15. The molecule has 0 saturated heterocycles. The first-order valence-electron chi connectivity index (χ1n) is 9.91. The van der Waals surface area contributed by atoms with Gasteiger partial charge in [-0.25, -0.2) is 0 Å². The first-order valence-corrected chi connectivity index (χ1v) is 13.1. The third kappa shape index (κ3) is 9.01. The standard InChI is InChI=1S/C20H40N2O4Si/c1-14(2)16(20(25)21(5)6)13-17(23)19(15(3)4)22(7)18(24)11-10-12-27(8,9)26/h14-16,19,26H,10-13H2,1-9H3/t16-,19-/m0/s1. The van der Waals surface area contributed by atoms with Crippen LogP contribution in [-0.2, 0) is 14.4 Å². The summed E-state index contributed by atoms with van der Waals surface area (Å²) in [5.74, 6) is -0.554. The van der Waals surface area contributed by atoms with Crippen LogP contribution in [-0.4, -0.2) is 67.7 Å². The second kappa shape index (κ2) is 11.0. The zero-order chi connectivity index (χ0) is 21.5. The molecule has 0 radical (unpaired) electrons. The molecule has 0 aromatic heterocycles. The topological polar surface area (TPSA) is 77.9 Å². The van der Waals surface area contributed by atoms with E-state index in [0.29, 0.717) is 18.9 Å². The van der Waals surface area contributed by atoms with Crippen LogP contribution in [0.4, 0.5) is 0 Å². The van der Waals surface area contributed by atoms with Crippen molar-refractivity contribution in [2.45, 2.75) is 72.1 Å². The molecule has 2 atom stereocenters. The molecule has 0 rings (SSSR count). The summed E-state index contributed by atoms with van der Waals surface area (Å²) < 4.78 is 0. The van der Waals surface area contributed by atoms with Gasteiger partial charge in [0, 0.05) is 39.9 Å². The van der Waals surface area contributed by atoms with Gasteiger partial charge in [-0.3, -0.25) is 14.4 Å². The van der Waals surface area contributed by atoms with Crippen molar-refractivity contribution in [2.24, 2.45) is 17.8 Å². The molecule has 0 fully saturated rings. The number of nitrogens with zero attached hydrogens (tertiary/aromatic N) is 2. The van der Waals surface area contributed by atoms with Gasteiger partial charge in [0.15, 0.2) is 14.1 Å². The molecular formula is C20H40N2O4Si. The van der Waals surface area contributed by atoms with E-state index in [2.05, 4.69) is 0 Å². The lowest BCUT2D eigenvalue weighted by Crippen LogP contribution is -2.47. The van der Waals surface area contributed by atoms with Crippen LogP contribution in [0.2, 0.25) is 19.1 Å². The van der Waals surface area contributed by atoms with Crippen LogP contribution in [0.5, 0.6) is 0 Å². The van der Waals surface area contributed by atoms with Gasteiger partial charge in [-0.05, 0) is 37.4 Å². The number of hydrogen-bond donors (Lipinski definition) is 1. The smallest absolute Gasteiger partial charge is 0.225 e. The summed E-state index contributed by atoms with van der Waals surface area (Å²) in [4.78, 5) is 51.0. The molecular weight excluding hydrogens is 360 g/mol. The maximum absolute atomic E-state index is 13.0. The van der Waals surface area contributed by atoms with Crippen molar-refractivity contribution < 1.29 is 19.2 Å². The highest BCUT2D eigenvalue weighted by atomic mass is 28.4. The van der Waals surface area contributed by atoms with Crippen LogP contribution in [0, 0.1) is 17.8 Å². The molecule has 27 heavy (non-hydrogen) atoms. The van der Waals surface area contributed by atoms with Gasteiger partial charge in [0.25, 0.3) is 0 Å². The molecule has 0 saturated carbocycles. The number of Topliss-reactive ketones (excluding diaryl/α,β-unsaturated/α-hetero) is 1. The molecule has 0 aliphatic rings. The number of hydrogen-bond acceptors (Lipinski definition) is 4. The van der Waals surface area contributed by atoms with Gasteiger partial charge in [0.1, 0.15) is 0 Å². The van der Waals surface area contributed by atoms with Gasteiger partial charge in [-0.15, -0.1) is 0 Å². The predicted molar refractivity (Wildman–Crippen MR) is 112 cm³/mol. The van der Waals surface area contributed by atoms with Gasteiger partial charge in [-0.1, -0.05) is 27.7 Å². The average molecular weight is 401 g/mol. The Morgan fingerprint density at radius 3 is 1.85 bits per heavy atom. The zero-order valence-electron chi connectivity index (χ0n) is 18.7. The van der Waals surface area contributed by atoms with E-state index >= 15 is 0 Å². The quantitative estimate of drug-likeness (QED) is 0.541. The number of amides is 2. The fraction of sp³-hybridized carbons (Fsp3) is 0.850. The van der Waals surface area contributed by atoms with Crippen molar-refractivity contribution in [1.82, 2.24) is 9.80 Å². The summed E-state index contributed by atoms with van der Waals surface area (Å²) in [7, 11) is 2.90. The van der Waals surface area contributed by atoms with Gasteiger partial charge in [0.2, 0.25) is 11.8 Å². The molecule has 158 valence electrons. The number of carbonyl (C=O) groups excluding carboxylic acids is 3. The Bertz CT molecular complexity index is 513. The molecule has 7 heteroatoms. The van der Waals surface area contributed by atoms with E-state index in [0.717, 1.165) is 0 Å². The van der Waals surface area contributed by atoms with E-state index in [4.69, 9.17) is 0 Å². The Morgan fingerprint density at radius 2 is 1.48 bits per heavy atom. The Hall–Kier alpha value is -1.21. The number of carbonyl (C=O) groups is 3. The Labute approximate surface area is 166 Å². The van der Waals surface area contributed by atoms with Crippen molar-refractivity contribution in [2.75, 3.05) is 21.1 Å². The van der Waals surface area contributed by atoms with Crippen molar-refractivity contribution in [3.63, 3.8) is 0 Å². The maximum Gasteiger partial charge on any atom is 0.225 e. The minimum absolute atomic E-state index is 0.0302. The third-order valence-electron chi connectivity index (χ3n) is 4.94. The van der Waals surface area contributed by atoms with Crippen LogP contribution in [0.15, 0.2) is 0 Å². The Kier molecular flexibility index (Phi) is 10.5. The summed E-state index contributed by atoms with van der Waals surface area (Å²) in [5, 5.41) is 0. The molecule has 0 aromatic carbocycles. The maximum atomic E-state index is 13.0. The molecule has 0 aliphatic carbocycles. The lowest BCUT2D eigenvalue weighted by Gasteiger charge is -2.32. The highest BCUT2D eigenvalue weighted by molar-refractivity contribution is 6.69. The lowest BCUT2D eigenvalue weighted by atomic mass is 9.85. The summed E-state index contributed by atoms with van der Waals surface area (Å²) in [5.41, 5.74) is 0. The van der Waals surface area contributed by atoms with E-state index in [9.17, 15) is 19.2 Å². The lowest BCUT2D eigenvalue weighted by molar-refractivity contribution is -0.142. The minimum atomic E-state index is -2.17. The summed E-state index contributed by atoms with van der Waals surface area (Å²) in [6.07, 6.45) is 1.10. The monoisotopic (exact) mass is 400 g/mol. The summed E-state index contributed by atoms with van der Waals surface area (Å²) in [6.45, 7) is 11.5. The first kappa shape index (κ1) is 25.8. The summed E-state index contributed by atoms with van der Waals surface area (Å²) >= 11 is 0. The van der Waals surface area contributed by atoms with Gasteiger partial charge in [-0.2, -0.15) is 0 Å². The highest BCUT2D eigenvalue weighted by Gasteiger charge is 2.34. The third-order valence-corrected chi connectivity index (χ3v) is 6.51. The van der Waals surface area contributed by atoms with Crippen molar-refractivity contribution >= 4 is 25.9 Å². The van der Waals surface area contributed by atoms with Crippen molar-refractivity contribution in [1.29, 1.82) is 0 Å². The molecule has 0 aliphatic heterocycles. The molecule has 6 nitrogen and oxygen atoms in total. The van der Waals surface area contributed by atoms with Crippen LogP contribution in [0.3, 0.4) is 0 Å². The van der Waals surface area contributed by atoms with E-state index in [1.807, 2.05) is 40.8 Å². The number of ketones is 1. The van der Waals surface area contributed by atoms with E-state index in [1.54, 1.807) is 21.1 Å². The van der Waals surface area contributed by atoms with E-state index in [1.165, 1.54) is 9.80 Å². The first-order chi connectivity index (χ1) is 12.2.